The molecule has 3 aromatic heterocycles. The number of benzene rings is 1. The van der Waals surface area contributed by atoms with Gasteiger partial charge in [-0.1, -0.05) is 17.3 Å². The fourth-order valence-corrected chi connectivity index (χ4v) is 4.87. The Morgan fingerprint density at radius 1 is 1.06 bits per heavy atom. The van der Waals surface area contributed by atoms with E-state index < -0.39 is 5.92 Å². The van der Waals surface area contributed by atoms with E-state index in [0.717, 1.165) is 41.8 Å². The zero-order valence-corrected chi connectivity index (χ0v) is 18.1. The van der Waals surface area contributed by atoms with E-state index in [2.05, 4.69) is 36.1 Å². The van der Waals surface area contributed by atoms with Crippen molar-refractivity contribution in [3.63, 3.8) is 0 Å². The van der Waals surface area contributed by atoms with E-state index in [1.165, 1.54) is 0 Å². The van der Waals surface area contributed by atoms with Crippen LogP contribution in [0, 0.1) is 0 Å². The first-order valence-corrected chi connectivity index (χ1v) is 11.3. The molecular formula is C23H24F2N8. The van der Waals surface area contributed by atoms with Crippen LogP contribution in [0.25, 0.3) is 22.2 Å². The monoisotopic (exact) mass is 450 g/mol. The molecule has 2 aliphatic heterocycles. The quantitative estimate of drug-likeness (QED) is 0.473. The predicted octanol–water partition coefficient (Wildman–Crippen LogP) is 3.13. The minimum atomic E-state index is -2.52. The van der Waals surface area contributed by atoms with Gasteiger partial charge in [0, 0.05) is 56.6 Å². The van der Waals surface area contributed by atoms with Gasteiger partial charge in [-0.2, -0.15) is 0 Å². The molecule has 2 saturated heterocycles. The number of nitrogens with zero attached hydrogens (tertiary/aromatic N) is 8. The van der Waals surface area contributed by atoms with Crippen LogP contribution < -0.4 is 4.90 Å². The van der Waals surface area contributed by atoms with E-state index in [1.54, 1.807) is 17.1 Å². The molecule has 2 fully saturated rings. The van der Waals surface area contributed by atoms with Gasteiger partial charge in [0.25, 0.3) is 5.92 Å². The first-order valence-electron chi connectivity index (χ1n) is 11.3. The van der Waals surface area contributed by atoms with Gasteiger partial charge in [0.15, 0.2) is 5.65 Å². The molecule has 1 atom stereocenters. The summed E-state index contributed by atoms with van der Waals surface area (Å²) in [7, 11) is 0. The standard InChI is InChI=1S/C23H24F2N8/c24-23(25)6-10-31(11-7-23)18-5-9-32(15-18)20-13-27-21-22(28-20)33(30-29-21)14-16-3-4-19-17(12-16)2-1-8-26-19/h1-4,8,12-13,18H,5-7,9-11,14-15H2/t18-/m0/s1. The van der Waals surface area contributed by atoms with Crippen LogP contribution in [0.5, 0.6) is 0 Å². The summed E-state index contributed by atoms with van der Waals surface area (Å²) in [6.07, 6.45) is 4.35. The fraction of sp³-hybridized carbons (Fsp3) is 0.435. The molecule has 0 spiro atoms. The Kier molecular flexibility index (Phi) is 4.90. The van der Waals surface area contributed by atoms with Crippen LogP contribution in [0.2, 0.25) is 0 Å². The summed E-state index contributed by atoms with van der Waals surface area (Å²) in [6, 6.07) is 10.4. The lowest BCUT2D eigenvalue weighted by Gasteiger charge is -2.35. The number of anilines is 1. The van der Waals surface area contributed by atoms with E-state index in [-0.39, 0.29) is 18.9 Å². The van der Waals surface area contributed by atoms with Crippen molar-refractivity contribution in [2.24, 2.45) is 0 Å². The summed E-state index contributed by atoms with van der Waals surface area (Å²) in [5, 5.41) is 9.52. The molecule has 10 heteroatoms. The lowest BCUT2D eigenvalue weighted by Crippen LogP contribution is -2.46. The minimum absolute atomic E-state index is 0.0506. The van der Waals surface area contributed by atoms with Gasteiger partial charge in [-0.25, -0.2) is 23.4 Å². The summed E-state index contributed by atoms with van der Waals surface area (Å²) < 4.78 is 28.8. The molecule has 4 aromatic rings. The molecule has 2 aliphatic rings. The minimum Gasteiger partial charge on any atom is -0.354 e. The van der Waals surface area contributed by atoms with Crippen LogP contribution in [0.3, 0.4) is 0 Å². The maximum Gasteiger partial charge on any atom is 0.250 e. The largest absolute Gasteiger partial charge is 0.354 e. The van der Waals surface area contributed by atoms with Crippen LogP contribution in [-0.4, -0.2) is 73.0 Å². The van der Waals surface area contributed by atoms with Crippen LogP contribution in [0.4, 0.5) is 14.6 Å². The van der Waals surface area contributed by atoms with Gasteiger partial charge < -0.3 is 4.90 Å². The first kappa shape index (κ1) is 20.3. The van der Waals surface area contributed by atoms with Crippen molar-refractivity contribution in [1.82, 2.24) is 34.8 Å². The number of piperidine rings is 1. The molecular weight excluding hydrogens is 426 g/mol. The van der Waals surface area contributed by atoms with Gasteiger partial charge in [0.1, 0.15) is 5.82 Å². The average Bonchev–Trinajstić information content (AvgIpc) is 3.47. The molecule has 0 N–H and O–H groups in total. The Hall–Kier alpha value is -3.27. The van der Waals surface area contributed by atoms with Crippen molar-refractivity contribution in [2.75, 3.05) is 31.1 Å². The third kappa shape index (κ3) is 3.99. The Labute approximate surface area is 189 Å². The molecule has 1 aromatic carbocycles. The van der Waals surface area contributed by atoms with E-state index in [9.17, 15) is 8.78 Å². The maximum atomic E-state index is 13.5. The van der Waals surface area contributed by atoms with Crippen molar-refractivity contribution in [3.8, 4) is 0 Å². The van der Waals surface area contributed by atoms with Gasteiger partial charge in [-0.15, -0.1) is 5.10 Å². The number of rotatable bonds is 4. The maximum absolute atomic E-state index is 13.5. The number of hydrogen-bond donors (Lipinski definition) is 0. The van der Waals surface area contributed by atoms with E-state index in [1.807, 2.05) is 24.3 Å². The molecule has 5 heterocycles. The summed E-state index contributed by atoms with van der Waals surface area (Å²) >= 11 is 0. The lowest BCUT2D eigenvalue weighted by atomic mass is 10.0. The van der Waals surface area contributed by atoms with Gasteiger partial charge in [-0.05, 0) is 30.2 Å². The number of halogens is 2. The number of fused-ring (bicyclic) bond motifs is 2. The van der Waals surface area contributed by atoms with Crippen LogP contribution in [0.1, 0.15) is 24.8 Å². The number of likely N-dealkylation sites (tertiary alicyclic amines) is 1. The Balaban J connectivity index is 1.20. The first-order chi connectivity index (χ1) is 16.0. The molecule has 170 valence electrons. The average molecular weight is 450 g/mol. The van der Waals surface area contributed by atoms with Crippen molar-refractivity contribution < 1.29 is 8.78 Å². The highest BCUT2D eigenvalue weighted by Gasteiger charge is 2.38. The van der Waals surface area contributed by atoms with Crippen molar-refractivity contribution >= 4 is 28.0 Å². The highest BCUT2D eigenvalue weighted by atomic mass is 19.3. The highest BCUT2D eigenvalue weighted by molar-refractivity contribution is 5.79. The third-order valence-electron chi connectivity index (χ3n) is 6.75. The van der Waals surface area contributed by atoms with Crippen molar-refractivity contribution in [1.29, 1.82) is 0 Å². The normalized spacial score (nSPS) is 21.3. The number of pyridine rings is 1. The topological polar surface area (TPSA) is 75.9 Å². The predicted molar refractivity (Wildman–Crippen MR) is 120 cm³/mol. The molecule has 0 radical (unpaired) electrons. The molecule has 6 rings (SSSR count). The second-order valence-electron chi connectivity index (χ2n) is 8.93. The van der Waals surface area contributed by atoms with E-state index >= 15 is 0 Å². The summed E-state index contributed by atoms with van der Waals surface area (Å²) in [4.78, 5) is 18.1. The summed E-state index contributed by atoms with van der Waals surface area (Å²) in [5.41, 5.74) is 3.18. The molecule has 0 aliphatic carbocycles. The van der Waals surface area contributed by atoms with Gasteiger partial charge in [0.05, 0.1) is 18.3 Å². The lowest BCUT2D eigenvalue weighted by molar-refractivity contribution is -0.0614. The Morgan fingerprint density at radius 2 is 1.94 bits per heavy atom. The van der Waals surface area contributed by atoms with Crippen molar-refractivity contribution in [2.45, 2.75) is 37.8 Å². The molecule has 0 bridgehead atoms. The molecule has 33 heavy (non-hydrogen) atoms. The molecule has 0 saturated carbocycles. The molecule has 0 amide bonds. The van der Waals surface area contributed by atoms with Crippen LogP contribution >= 0.6 is 0 Å². The summed E-state index contributed by atoms with van der Waals surface area (Å²) in [5.74, 6) is -1.74. The van der Waals surface area contributed by atoms with E-state index in [4.69, 9.17) is 4.98 Å². The second-order valence-corrected chi connectivity index (χ2v) is 8.93. The smallest absolute Gasteiger partial charge is 0.250 e. The number of aromatic nitrogens is 6. The number of alkyl halides is 2. The fourth-order valence-electron chi connectivity index (χ4n) is 4.87. The third-order valence-corrected chi connectivity index (χ3v) is 6.75. The van der Waals surface area contributed by atoms with Gasteiger partial charge in [0.2, 0.25) is 5.65 Å². The summed E-state index contributed by atoms with van der Waals surface area (Å²) in [6.45, 7) is 3.04. The van der Waals surface area contributed by atoms with E-state index in [0.29, 0.717) is 30.9 Å². The highest BCUT2D eigenvalue weighted by Crippen LogP contribution is 2.31. The van der Waals surface area contributed by atoms with Crippen LogP contribution in [0.15, 0.2) is 42.7 Å². The van der Waals surface area contributed by atoms with Gasteiger partial charge >= 0.3 is 0 Å². The zero-order valence-electron chi connectivity index (χ0n) is 18.1. The Bertz CT molecular complexity index is 1300. The van der Waals surface area contributed by atoms with Crippen LogP contribution in [-0.2, 0) is 6.54 Å². The van der Waals surface area contributed by atoms with Gasteiger partial charge in [-0.3, -0.25) is 9.88 Å². The Morgan fingerprint density at radius 3 is 2.82 bits per heavy atom. The molecule has 0 unspecified atom stereocenters. The number of hydrogen-bond acceptors (Lipinski definition) is 7. The second kappa shape index (κ2) is 7.95. The molecule has 8 nitrogen and oxygen atoms in total. The zero-order chi connectivity index (χ0) is 22.4. The van der Waals surface area contributed by atoms with Crippen molar-refractivity contribution in [3.05, 3.63) is 48.3 Å². The SMILES string of the molecule is FC1(F)CCN([C@H]2CCN(c3cnc4nnn(Cc5ccc6ncccc6c5)c4n3)C2)CC1.